The van der Waals surface area contributed by atoms with Crippen molar-refractivity contribution in [2.45, 2.75) is 23.8 Å². The third-order valence-electron chi connectivity index (χ3n) is 2.27. The van der Waals surface area contributed by atoms with Crippen molar-refractivity contribution in [1.82, 2.24) is 9.97 Å². The molecule has 0 aliphatic heterocycles. The first-order valence-corrected chi connectivity index (χ1v) is 6.41. The van der Waals surface area contributed by atoms with E-state index in [-0.39, 0.29) is 0 Å². The summed E-state index contributed by atoms with van der Waals surface area (Å²) in [6, 6.07) is 10.2. The van der Waals surface area contributed by atoms with Crippen molar-refractivity contribution in [2.24, 2.45) is 0 Å². The largest absolute Gasteiger partial charge is 0.354 e. The minimum Gasteiger partial charge on any atom is -0.354 e. The van der Waals surface area contributed by atoms with Crippen molar-refractivity contribution in [1.29, 1.82) is 0 Å². The zero-order chi connectivity index (χ0) is 12.1. The Labute approximate surface area is 106 Å². The lowest BCUT2D eigenvalue weighted by Gasteiger charge is -2.06. The molecular weight excluding hydrogens is 230 g/mol. The van der Waals surface area contributed by atoms with E-state index in [1.165, 1.54) is 10.5 Å². The van der Waals surface area contributed by atoms with Crippen LogP contribution in [-0.4, -0.2) is 16.5 Å². The summed E-state index contributed by atoms with van der Waals surface area (Å²) in [5, 5.41) is 4.08. The van der Waals surface area contributed by atoms with E-state index in [1.54, 1.807) is 18.0 Å². The van der Waals surface area contributed by atoms with Gasteiger partial charge in [0.05, 0.1) is 0 Å². The van der Waals surface area contributed by atoms with Crippen LogP contribution in [0.2, 0.25) is 0 Å². The summed E-state index contributed by atoms with van der Waals surface area (Å²) in [7, 11) is 0. The maximum absolute atomic E-state index is 4.44. The average molecular weight is 245 g/mol. The molecule has 0 atom stereocenters. The molecule has 0 saturated carbocycles. The van der Waals surface area contributed by atoms with Gasteiger partial charge in [0.2, 0.25) is 5.95 Å². The van der Waals surface area contributed by atoms with E-state index >= 15 is 0 Å². The van der Waals surface area contributed by atoms with E-state index < -0.39 is 0 Å². The van der Waals surface area contributed by atoms with Crippen LogP contribution in [0, 0.1) is 6.92 Å². The second kappa shape index (κ2) is 5.68. The summed E-state index contributed by atoms with van der Waals surface area (Å²) < 4.78 is 0. The number of nitrogens with one attached hydrogen (secondary N) is 1. The molecule has 1 aromatic carbocycles. The Morgan fingerprint density at radius 2 is 2.06 bits per heavy atom. The molecule has 0 unspecified atom stereocenters. The Morgan fingerprint density at radius 3 is 2.82 bits per heavy atom. The van der Waals surface area contributed by atoms with Gasteiger partial charge in [-0.2, -0.15) is 0 Å². The average Bonchev–Trinajstić information content (AvgIpc) is 2.33. The maximum Gasteiger partial charge on any atom is 0.223 e. The molecule has 0 aliphatic carbocycles. The number of aromatic nitrogens is 2. The molecule has 0 saturated heterocycles. The zero-order valence-electron chi connectivity index (χ0n) is 9.97. The van der Waals surface area contributed by atoms with Crippen molar-refractivity contribution in [3.8, 4) is 0 Å². The van der Waals surface area contributed by atoms with E-state index in [4.69, 9.17) is 0 Å². The van der Waals surface area contributed by atoms with Crippen LogP contribution >= 0.6 is 11.8 Å². The summed E-state index contributed by atoms with van der Waals surface area (Å²) in [4.78, 5) is 9.83. The van der Waals surface area contributed by atoms with Crippen molar-refractivity contribution >= 4 is 17.7 Å². The van der Waals surface area contributed by atoms with E-state index in [0.717, 1.165) is 11.6 Å². The number of anilines is 1. The Balaban J connectivity index is 2.18. The van der Waals surface area contributed by atoms with Gasteiger partial charge >= 0.3 is 0 Å². The Bertz CT molecular complexity index is 500. The molecule has 88 valence electrons. The number of hydrogen-bond donors (Lipinski definition) is 1. The van der Waals surface area contributed by atoms with Gasteiger partial charge in [-0.25, -0.2) is 9.97 Å². The van der Waals surface area contributed by atoms with Gasteiger partial charge in [-0.15, -0.1) is 0 Å². The molecule has 4 heteroatoms. The molecule has 0 spiro atoms. The molecule has 2 rings (SSSR count). The Kier molecular flexibility index (Phi) is 3.98. The van der Waals surface area contributed by atoms with Gasteiger partial charge in [-0.1, -0.05) is 30.0 Å². The number of rotatable bonds is 4. The van der Waals surface area contributed by atoms with Crippen LogP contribution in [0.5, 0.6) is 0 Å². The first-order chi connectivity index (χ1) is 8.29. The smallest absolute Gasteiger partial charge is 0.223 e. The van der Waals surface area contributed by atoms with Crippen LogP contribution in [0.3, 0.4) is 0 Å². The van der Waals surface area contributed by atoms with Crippen LogP contribution in [0.25, 0.3) is 0 Å². The molecule has 0 aliphatic rings. The van der Waals surface area contributed by atoms with Crippen LogP contribution in [0.4, 0.5) is 5.95 Å². The molecule has 17 heavy (non-hydrogen) atoms. The third-order valence-corrected chi connectivity index (χ3v) is 3.39. The molecule has 0 bridgehead atoms. The molecule has 3 nitrogen and oxygen atoms in total. The topological polar surface area (TPSA) is 37.8 Å². The lowest BCUT2D eigenvalue weighted by atomic mass is 10.2. The Morgan fingerprint density at radius 1 is 1.24 bits per heavy atom. The lowest BCUT2D eigenvalue weighted by Crippen LogP contribution is -2.01. The summed E-state index contributed by atoms with van der Waals surface area (Å²) in [6.45, 7) is 4.97. The van der Waals surface area contributed by atoms with Crippen molar-refractivity contribution in [3.63, 3.8) is 0 Å². The van der Waals surface area contributed by atoms with Crippen LogP contribution in [0.1, 0.15) is 12.5 Å². The number of nitrogens with zero attached hydrogens (tertiary/aromatic N) is 2. The fourth-order valence-electron chi connectivity index (χ4n) is 1.43. The highest BCUT2D eigenvalue weighted by molar-refractivity contribution is 7.99. The second-order valence-corrected chi connectivity index (χ2v) is 4.68. The minimum atomic E-state index is 0.686. The molecule has 1 aromatic heterocycles. The second-order valence-electron chi connectivity index (χ2n) is 3.62. The molecule has 2 aromatic rings. The molecular formula is C13H15N3S. The number of hydrogen-bond acceptors (Lipinski definition) is 4. The fraction of sp³-hybridized carbons (Fsp3) is 0.231. The molecule has 0 fully saturated rings. The fourth-order valence-corrected chi connectivity index (χ4v) is 2.29. The minimum absolute atomic E-state index is 0.686. The summed E-state index contributed by atoms with van der Waals surface area (Å²) in [6.07, 6.45) is 1.78. The Hall–Kier alpha value is -1.55. The van der Waals surface area contributed by atoms with E-state index in [9.17, 15) is 0 Å². The summed E-state index contributed by atoms with van der Waals surface area (Å²) in [5.74, 6) is 0.686. The van der Waals surface area contributed by atoms with E-state index in [2.05, 4.69) is 34.3 Å². The SMILES string of the molecule is CCNc1nccc(Sc2ccccc2C)n1. The normalized spacial score (nSPS) is 10.2. The number of benzene rings is 1. The van der Waals surface area contributed by atoms with Gasteiger partial charge in [0.25, 0.3) is 0 Å². The lowest BCUT2D eigenvalue weighted by molar-refractivity contribution is 1.01. The maximum atomic E-state index is 4.44. The van der Waals surface area contributed by atoms with Gasteiger partial charge in [-0.3, -0.25) is 0 Å². The van der Waals surface area contributed by atoms with Crippen LogP contribution < -0.4 is 5.32 Å². The van der Waals surface area contributed by atoms with Crippen LogP contribution in [0.15, 0.2) is 46.5 Å². The highest BCUT2D eigenvalue weighted by Gasteiger charge is 2.03. The molecule has 0 radical (unpaired) electrons. The first kappa shape index (κ1) is 11.9. The molecule has 1 heterocycles. The first-order valence-electron chi connectivity index (χ1n) is 5.60. The van der Waals surface area contributed by atoms with E-state index in [0.29, 0.717) is 5.95 Å². The van der Waals surface area contributed by atoms with Crippen LogP contribution in [-0.2, 0) is 0 Å². The predicted octanol–water partition coefficient (Wildman–Crippen LogP) is 3.37. The van der Waals surface area contributed by atoms with E-state index in [1.807, 2.05) is 25.1 Å². The summed E-state index contributed by atoms with van der Waals surface area (Å²) >= 11 is 1.66. The van der Waals surface area contributed by atoms with Gasteiger partial charge in [0.1, 0.15) is 5.03 Å². The highest BCUT2D eigenvalue weighted by Crippen LogP contribution is 2.28. The zero-order valence-corrected chi connectivity index (χ0v) is 10.8. The highest BCUT2D eigenvalue weighted by atomic mass is 32.2. The standard InChI is InChI=1S/C13H15N3S/c1-3-14-13-15-9-8-12(16-13)17-11-7-5-4-6-10(11)2/h4-9H,3H2,1-2H3,(H,14,15,16). The van der Waals surface area contributed by atoms with Gasteiger partial charge in [0.15, 0.2) is 0 Å². The van der Waals surface area contributed by atoms with Crippen molar-refractivity contribution in [3.05, 3.63) is 42.1 Å². The quantitative estimate of drug-likeness (QED) is 0.838. The van der Waals surface area contributed by atoms with Gasteiger partial charge < -0.3 is 5.32 Å². The molecule has 1 N–H and O–H groups in total. The van der Waals surface area contributed by atoms with Crippen molar-refractivity contribution in [2.75, 3.05) is 11.9 Å². The van der Waals surface area contributed by atoms with Gasteiger partial charge in [0, 0.05) is 17.6 Å². The summed E-state index contributed by atoms with van der Waals surface area (Å²) in [5.41, 5.74) is 1.26. The number of aryl methyl sites for hydroxylation is 1. The van der Waals surface area contributed by atoms with Crippen molar-refractivity contribution < 1.29 is 0 Å². The third kappa shape index (κ3) is 3.20. The monoisotopic (exact) mass is 245 g/mol. The van der Waals surface area contributed by atoms with Gasteiger partial charge in [-0.05, 0) is 31.5 Å². The molecule has 0 amide bonds. The predicted molar refractivity (Wildman–Crippen MR) is 71.5 cm³/mol.